The van der Waals surface area contributed by atoms with Crippen molar-refractivity contribution in [1.82, 2.24) is 4.72 Å². The van der Waals surface area contributed by atoms with Crippen molar-refractivity contribution in [3.8, 4) is 0 Å². The SMILES string of the molecule is C=CCS(=O)(=O)C(C)C(=O)Nc1ccc(S(=O)(=O)NC(C)=O)cc1. The average molecular weight is 374 g/mol. The maximum atomic E-state index is 12.0. The van der Waals surface area contributed by atoms with Crippen molar-refractivity contribution in [2.24, 2.45) is 0 Å². The van der Waals surface area contributed by atoms with Gasteiger partial charge in [0.2, 0.25) is 11.8 Å². The van der Waals surface area contributed by atoms with Crippen LogP contribution in [0, 0.1) is 0 Å². The monoisotopic (exact) mass is 374 g/mol. The molecule has 0 spiro atoms. The molecule has 24 heavy (non-hydrogen) atoms. The molecule has 0 aliphatic carbocycles. The summed E-state index contributed by atoms with van der Waals surface area (Å²) >= 11 is 0. The Balaban J connectivity index is 2.90. The lowest BCUT2D eigenvalue weighted by molar-refractivity contribution is -0.117. The fourth-order valence-corrected chi connectivity index (χ4v) is 3.67. The first kappa shape index (κ1) is 19.8. The molecule has 0 bridgehead atoms. The molecule has 0 saturated carbocycles. The molecule has 0 heterocycles. The number of anilines is 1. The number of carbonyl (C=O) groups is 2. The summed E-state index contributed by atoms with van der Waals surface area (Å²) in [6.07, 6.45) is 1.20. The van der Waals surface area contributed by atoms with Crippen LogP contribution < -0.4 is 10.0 Å². The van der Waals surface area contributed by atoms with Crippen LogP contribution in [0.4, 0.5) is 5.69 Å². The van der Waals surface area contributed by atoms with Gasteiger partial charge < -0.3 is 5.32 Å². The third-order valence-electron chi connectivity index (χ3n) is 2.97. The Morgan fingerprint density at radius 3 is 2.17 bits per heavy atom. The van der Waals surface area contributed by atoms with Crippen molar-refractivity contribution < 1.29 is 26.4 Å². The first-order valence-electron chi connectivity index (χ1n) is 6.76. The summed E-state index contributed by atoms with van der Waals surface area (Å²) in [6, 6.07) is 4.95. The Morgan fingerprint density at radius 2 is 1.71 bits per heavy atom. The Hall–Kier alpha value is -2.20. The van der Waals surface area contributed by atoms with E-state index in [0.29, 0.717) is 0 Å². The highest BCUT2D eigenvalue weighted by atomic mass is 32.2. The summed E-state index contributed by atoms with van der Waals surface area (Å²) in [5.41, 5.74) is 0.224. The van der Waals surface area contributed by atoms with Gasteiger partial charge in [-0.05, 0) is 31.2 Å². The third kappa shape index (κ3) is 5.17. The van der Waals surface area contributed by atoms with Crippen molar-refractivity contribution >= 4 is 37.4 Å². The Bertz CT molecular complexity index is 842. The zero-order valence-electron chi connectivity index (χ0n) is 13.1. The van der Waals surface area contributed by atoms with Crippen LogP contribution in [-0.2, 0) is 29.4 Å². The van der Waals surface area contributed by atoms with Crippen LogP contribution in [0.3, 0.4) is 0 Å². The van der Waals surface area contributed by atoms with Crippen LogP contribution in [0.2, 0.25) is 0 Å². The Labute approximate surface area is 140 Å². The molecule has 1 aromatic rings. The lowest BCUT2D eigenvalue weighted by Crippen LogP contribution is -2.33. The zero-order valence-corrected chi connectivity index (χ0v) is 14.8. The van der Waals surface area contributed by atoms with E-state index in [0.717, 1.165) is 6.92 Å². The predicted molar refractivity (Wildman–Crippen MR) is 89.5 cm³/mol. The second-order valence-corrected chi connectivity index (χ2v) is 8.98. The largest absolute Gasteiger partial charge is 0.325 e. The van der Waals surface area contributed by atoms with Crippen LogP contribution in [-0.4, -0.2) is 39.7 Å². The topological polar surface area (TPSA) is 126 Å². The molecule has 0 radical (unpaired) electrons. The number of sulfonamides is 1. The number of rotatable bonds is 7. The molecule has 0 aliphatic heterocycles. The van der Waals surface area contributed by atoms with Crippen LogP contribution in [0.1, 0.15) is 13.8 Å². The summed E-state index contributed by atoms with van der Waals surface area (Å²) in [5.74, 6) is -1.79. The molecule has 2 N–H and O–H groups in total. The van der Waals surface area contributed by atoms with E-state index >= 15 is 0 Å². The van der Waals surface area contributed by atoms with E-state index in [1.54, 1.807) is 4.72 Å². The molecule has 132 valence electrons. The quantitative estimate of drug-likeness (QED) is 0.667. The van der Waals surface area contributed by atoms with Gasteiger partial charge in [0.05, 0.1) is 10.6 Å². The number of amides is 2. The van der Waals surface area contributed by atoms with Crippen molar-refractivity contribution in [1.29, 1.82) is 0 Å². The second kappa shape index (κ2) is 7.58. The van der Waals surface area contributed by atoms with Gasteiger partial charge in [-0.25, -0.2) is 21.6 Å². The Morgan fingerprint density at radius 1 is 1.17 bits per heavy atom. The van der Waals surface area contributed by atoms with Crippen molar-refractivity contribution in [2.75, 3.05) is 11.1 Å². The molecular weight excluding hydrogens is 356 g/mol. The van der Waals surface area contributed by atoms with Crippen LogP contribution >= 0.6 is 0 Å². The highest BCUT2D eigenvalue weighted by Crippen LogP contribution is 2.15. The molecule has 1 rings (SSSR count). The molecule has 0 aromatic heterocycles. The van der Waals surface area contributed by atoms with E-state index in [4.69, 9.17) is 0 Å². The maximum Gasteiger partial charge on any atom is 0.264 e. The van der Waals surface area contributed by atoms with E-state index in [1.165, 1.54) is 37.3 Å². The van der Waals surface area contributed by atoms with Gasteiger partial charge in [0.25, 0.3) is 10.0 Å². The van der Waals surface area contributed by atoms with Gasteiger partial charge in [-0.15, -0.1) is 6.58 Å². The molecule has 1 atom stereocenters. The summed E-state index contributed by atoms with van der Waals surface area (Å²) in [6.45, 7) is 5.65. The molecule has 10 heteroatoms. The molecule has 2 amide bonds. The zero-order chi connectivity index (χ0) is 18.5. The molecular formula is C14H18N2O6S2. The average Bonchev–Trinajstić information content (AvgIpc) is 2.45. The van der Waals surface area contributed by atoms with Gasteiger partial charge >= 0.3 is 0 Å². The fraction of sp³-hybridized carbons (Fsp3) is 0.286. The van der Waals surface area contributed by atoms with Crippen LogP contribution in [0.5, 0.6) is 0 Å². The Kier molecular flexibility index (Phi) is 6.27. The van der Waals surface area contributed by atoms with Crippen molar-refractivity contribution in [2.45, 2.75) is 24.0 Å². The lowest BCUT2D eigenvalue weighted by Gasteiger charge is -2.12. The van der Waals surface area contributed by atoms with Gasteiger partial charge in [0.1, 0.15) is 5.25 Å². The van der Waals surface area contributed by atoms with Gasteiger partial charge in [-0.1, -0.05) is 6.08 Å². The highest BCUT2D eigenvalue weighted by Gasteiger charge is 2.26. The van der Waals surface area contributed by atoms with Gasteiger partial charge in [0, 0.05) is 12.6 Å². The predicted octanol–water partition coefficient (Wildman–Crippen LogP) is 0.439. The number of benzene rings is 1. The second-order valence-electron chi connectivity index (χ2n) is 4.94. The molecule has 0 fully saturated rings. The molecule has 0 aliphatic rings. The molecule has 8 nitrogen and oxygen atoms in total. The highest BCUT2D eigenvalue weighted by molar-refractivity contribution is 7.92. The van der Waals surface area contributed by atoms with Gasteiger partial charge in [-0.3, -0.25) is 9.59 Å². The summed E-state index contributed by atoms with van der Waals surface area (Å²) in [5, 5.41) is 1.11. The summed E-state index contributed by atoms with van der Waals surface area (Å²) < 4.78 is 49.0. The first-order chi connectivity index (χ1) is 11.0. The number of hydrogen-bond donors (Lipinski definition) is 2. The summed E-state index contributed by atoms with van der Waals surface area (Å²) in [4.78, 5) is 22.7. The van der Waals surface area contributed by atoms with E-state index in [2.05, 4.69) is 11.9 Å². The van der Waals surface area contributed by atoms with Crippen molar-refractivity contribution in [3.63, 3.8) is 0 Å². The standard InChI is InChI=1S/C14H18N2O6S2/c1-4-9-23(19,20)10(2)14(18)15-12-5-7-13(8-6-12)24(21,22)16-11(3)17/h4-8,10H,1,9H2,2-3H3,(H,15,18)(H,16,17). The summed E-state index contributed by atoms with van der Waals surface area (Å²) in [7, 11) is -7.62. The first-order valence-corrected chi connectivity index (χ1v) is 9.96. The van der Waals surface area contributed by atoms with Gasteiger partial charge in [-0.2, -0.15) is 0 Å². The number of nitrogens with one attached hydrogen (secondary N) is 2. The molecule has 0 saturated heterocycles. The molecule has 1 unspecified atom stereocenters. The fourth-order valence-electron chi connectivity index (χ4n) is 1.68. The van der Waals surface area contributed by atoms with E-state index < -0.39 is 36.9 Å². The minimum absolute atomic E-state index is 0.164. The number of hydrogen-bond acceptors (Lipinski definition) is 6. The van der Waals surface area contributed by atoms with E-state index in [-0.39, 0.29) is 16.3 Å². The third-order valence-corrected chi connectivity index (χ3v) is 6.41. The van der Waals surface area contributed by atoms with Crippen LogP contribution in [0.25, 0.3) is 0 Å². The van der Waals surface area contributed by atoms with Crippen LogP contribution in [0.15, 0.2) is 41.8 Å². The minimum atomic E-state index is -3.97. The van der Waals surface area contributed by atoms with E-state index in [9.17, 15) is 26.4 Å². The maximum absolute atomic E-state index is 12.0. The normalized spacial score (nSPS) is 12.9. The van der Waals surface area contributed by atoms with Gasteiger partial charge in [0.15, 0.2) is 9.84 Å². The number of sulfone groups is 1. The number of carbonyl (C=O) groups excluding carboxylic acids is 2. The van der Waals surface area contributed by atoms with Crippen molar-refractivity contribution in [3.05, 3.63) is 36.9 Å². The van der Waals surface area contributed by atoms with E-state index in [1.807, 2.05) is 0 Å². The smallest absolute Gasteiger partial charge is 0.264 e. The minimum Gasteiger partial charge on any atom is -0.325 e. The lowest BCUT2D eigenvalue weighted by atomic mass is 10.3. The molecule has 1 aromatic carbocycles.